The number of nitrogens with zero attached hydrogens (tertiary/aromatic N) is 1. The number of anilines is 1. The van der Waals surface area contributed by atoms with Crippen LogP contribution in [0.5, 0.6) is 5.75 Å². The first-order chi connectivity index (χ1) is 12.5. The fourth-order valence-corrected chi connectivity index (χ4v) is 2.54. The molecule has 1 amide bonds. The van der Waals surface area contributed by atoms with Gasteiger partial charge in [0.1, 0.15) is 11.6 Å². The molecule has 0 aliphatic rings. The lowest BCUT2D eigenvalue weighted by Crippen LogP contribution is -2.20. The number of rotatable bonds is 5. The molecule has 3 aromatic rings. The van der Waals surface area contributed by atoms with Gasteiger partial charge in [-0.25, -0.2) is 4.98 Å². The Kier molecular flexibility index (Phi) is 5.34. The largest absolute Gasteiger partial charge is 0.484 e. The van der Waals surface area contributed by atoms with Gasteiger partial charge in [0.05, 0.1) is 0 Å². The Hall–Kier alpha value is -3.12. The number of amides is 1. The summed E-state index contributed by atoms with van der Waals surface area (Å²) in [4.78, 5) is 30.7. The van der Waals surface area contributed by atoms with E-state index in [9.17, 15) is 9.59 Å². The summed E-state index contributed by atoms with van der Waals surface area (Å²) in [5, 5.41) is 3.29. The molecule has 0 aliphatic heterocycles. The second-order valence-electron chi connectivity index (χ2n) is 5.61. The third kappa shape index (κ3) is 4.70. The average Bonchev–Trinajstić information content (AvgIpc) is 2.59. The summed E-state index contributed by atoms with van der Waals surface area (Å²) in [6.07, 6.45) is 0. The maximum atomic E-state index is 12.1. The standard InChI is InChI=1S/C19H16ClN3O3/c1-12-8-17(24)23-19(21-12)13-4-2-6-15(9-13)22-18(25)11-26-16-7-3-5-14(20)10-16/h2-10H,11H2,1H3,(H,22,25)(H,21,23,24). The van der Waals surface area contributed by atoms with Crippen molar-refractivity contribution in [3.63, 3.8) is 0 Å². The van der Waals surface area contributed by atoms with Gasteiger partial charge in [-0.1, -0.05) is 29.8 Å². The molecular weight excluding hydrogens is 354 g/mol. The van der Waals surface area contributed by atoms with Crippen LogP contribution in [-0.4, -0.2) is 22.5 Å². The zero-order valence-electron chi connectivity index (χ0n) is 14.0. The van der Waals surface area contributed by atoms with Gasteiger partial charge in [-0.15, -0.1) is 0 Å². The quantitative estimate of drug-likeness (QED) is 0.721. The minimum atomic E-state index is -0.312. The lowest BCUT2D eigenvalue weighted by molar-refractivity contribution is -0.118. The van der Waals surface area contributed by atoms with Gasteiger partial charge in [0, 0.05) is 28.0 Å². The van der Waals surface area contributed by atoms with Crippen LogP contribution in [-0.2, 0) is 4.79 Å². The van der Waals surface area contributed by atoms with Crippen molar-refractivity contribution in [1.29, 1.82) is 0 Å². The molecule has 26 heavy (non-hydrogen) atoms. The van der Waals surface area contributed by atoms with Gasteiger partial charge >= 0.3 is 0 Å². The SMILES string of the molecule is Cc1cc(=O)[nH]c(-c2cccc(NC(=O)COc3cccc(Cl)c3)c2)n1. The molecule has 1 heterocycles. The third-order valence-corrected chi connectivity index (χ3v) is 3.69. The molecular formula is C19H16ClN3O3. The Morgan fingerprint density at radius 2 is 2.00 bits per heavy atom. The summed E-state index contributed by atoms with van der Waals surface area (Å²) in [5.41, 5.74) is 1.66. The molecule has 3 rings (SSSR count). The molecule has 0 unspecified atom stereocenters. The Balaban J connectivity index is 1.68. The van der Waals surface area contributed by atoms with E-state index in [1.807, 2.05) is 0 Å². The minimum Gasteiger partial charge on any atom is -0.484 e. The van der Waals surface area contributed by atoms with Crippen molar-refractivity contribution in [2.24, 2.45) is 0 Å². The second kappa shape index (κ2) is 7.84. The number of hydrogen-bond donors (Lipinski definition) is 2. The predicted octanol–water partition coefficient (Wildman–Crippen LogP) is 3.42. The fraction of sp³-hybridized carbons (Fsp3) is 0.105. The Bertz CT molecular complexity index is 1000. The van der Waals surface area contributed by atoms with Crippen LogP contribution in [0.1, 0.15) is 5.69 Å². The summed E-state index contributed by atoms with van der Waals surface area (Å²) < 4.78 is 5.41. The van der Waals surface area contributed by atoms with Gasteiger partial charge in [0.2, 0.25) is 0 Å². The van der Waals surface area contributed by atoms with Crippen LogP contribution in [0.4, 0.5) is 5.69 Å². The molecule has 1 aromatic heterocycles. The minimum absolute atomic E-state index is 0.149. The van der Waals surface area contributed by atoms with E-state index in [0.29, 0.717) is 33.5 Å². The predicted molar refractivity (Wildman–Crippen MR) is 101 cm³/mol. The summed E-state index contributed by atoms with van der Waals surface area (Å²) in [6.45, 7) is 1.60. The van der Waals surface area contributed by atoms with Crippen LogP contribution in [0, 0.1) is 6.92 Å². The lowest BCUT2D eigenvalue weighted by atomic mass is 10.2. The highest BCUT2D eigenvalue weighted by Crippen LogP contribution is 2.19. The highest BCUT2D eigenvalue weighted by atomic mass is 35.5. The molecule has 0 fully saturated rings. The summed E-state index contributed by atoms with van der Waals surface area (Å²) in [7, 11) is 0. The summed E-state index contributed by atoms with van der Waals surface area (Å²) >= 11 is 5.88. The van der Waals surface area contributed by atoms with E-state index >= 15 is 0 Å². The van der Waals surface area contributed by atoms with Crippen molar-refractivity contribution in [1.82, 2.24) is 9.97 Å². The van der Waals surface area contributed by atoms with Gasteiger partial charge < -0.3 is 15.0 Å². The number of carbonyl (C=O) groups excluding carboxylic acids is 1. The normalized spacial score (nSPS) is 10.4. The number of carbonyl (C=O) groups is 1. The first-order valence-electron chi connectivity index (χ1n) is 7.86. The monoisotopic (exact) mass is 369 g/mol. The number of benzene rings is 2. The molecule has 2 aromatic carbocycles. The molecule has 2 N–H and O–H groups in total. The second-order valence-corrected chi connectivity index (χ2v) is 6.05. The number of hydrogen-bond acceptors (Lipinski definition) is 4. The first kappa shape index (κ1) is 17.7. The summed E-state index contributed by atoms with van der Waals surface area (Å²) in [6, 6.07) is 15.3. The fourth-order valence-electron chi connectivity index (χ4n) is 2.36. The van der Waals surface area contributed by atoms with Crippen LogP contribution < -0.4 is 15.6 Å². The highest BCUT2D eigenvalue weighted by molar-refractivity contribution is 6.30. The van der Waals surface area contributed by atoms with E-state index in [2.05, 4.69) is 15.3 Å². The zero-order chi connectivity index (χ0) is 18.5. The Morgan fingerprint density at radius 1 is 1.19 bits per heavy atom. The topological polar surface area (TPSA) is 84.1 Å². The van der Waals surface area contributed by atoms with Gasteiger partial charge in [-0.3, -0.25) is 9.59 Å². The van der Waals surface area contributed by atoms with E-state index in [1.165, 1.54) is 6.07 Å². The highest BCUT2D eigenvalue weighted by Gasteiger charge is 2.07. The van der Waals surface area contributed by atoms with Crippen molar-refractivity contribution in [3.8, 4) is 17.1 Å². The van der Waals surface area contributed by atoms with Crippen LogP contribution in [0.25, 0.3) is 11.4 Å². The smallest absolute Gasteiger partial charge is 0.262 e. The van der Waals surface area contributed by atoms with Gasteiger partial charge in [0.15, 0.2) is 6.61 Å². The lowest BCUT2D eigenvalue weighted by Gasteiger charge is -2.09. The molecule has 0 bridgehead atoms. The van der Waals surface area contributed by atoms with Crippen molar-refractivity contribution in [2.45, 2.75) is 6.92 Å². The number of H-pyrrole nitrogens is 1. The van der Waals surface area contributed by atoms with E-state index in [-0.39, 0.29) is 18.1 Å². The molecule has 6 nitrogen and oxygen atoms in total. The van der Waals surface area contributed by atoms with E-state index < -0.39 is 0 Å². The molecule has 132 valence electrons. The number of aromatic amines is 1. The average molecular weight is 370 g/mol. The molecule has 0 saturated carbocycles. The van der Waals surface area contributed by atoms with Crippen LogP contribution in [0.15, 0.2) is 59.4 Å². The Morgan fingerprint density at radius 3 is 2.77 bits per heavy atom. The maximum Gasteiger partial charge on any atom is 0.262 e. The van der Waals surface area contributed by atoms with Gasteiger partial charge in [-0.2, -0.15) is 0 Å². The van der Waals surface area contributed by atoms with Crippen LogP contribution in [0.2, 0.25) is 5.02 Å². The van der Waals surface area contributed by atoms with Crippen molar-refractivity contribution in [3.05, 3.63) is 75.7 Å². The molecule has 0 atom stereocenters. The zero-order valence-corrected chi connectivity index (χ0v) is 14.7. The molecule has 0 saturated heterocycles. The van der Waals surface area contributed by atoms with E-state index in [1.54, 1.807) is 55.5 Å². The molecule has 0 aliphatic carbocycles. The number of aromatic nitrogens is 2. The first-order valence-corrected chi connectivity index (χ1v) is 8.24. The third-order valence-electron chi connectivity index (χ3n) is 3.46. The van der Waals surface area contributed by atoms with Gasteiger partial charge in [-0.05, 0) is 37.3 Å². The van der Waals surface area contributed by atoms with Gasteiger partial charge in [0.25, 0.3) is 11.5 Å². The summed E-state index contributed by atoms with van der Waals surface area (Å²) in [5.74, 6) is 0.650. The number of halogens is 1. The van der Waals surface area contributed by atoms with Crippen LogP contribution >= 0.6 is 11.6 Å². The number of ether oxygens (including phenoxy) is 1. The van der Waals surface area contributed by atoms with E-state index in [4.69, 9.17) is 16.3 Å². The van der Waals surface area contributed by atoms with Crippen molar-refractivity contribution >= 4 is 23.2 Å². The number of aryl methyl sites for hydroxylation is 1. The maximum absolute atomic E-state index is 12.1. The Labute approximate surface area is 154 Å². The van der Waals surface area contributed by atoms with E-state index in [0.717, 1.165) is 0 Å². The molecule has 0 radical (unpaired) electrons. The van der Waals surface area contributed by atoms with Crippen molar-refractivity contribution in [2.75, 3.05) is 11.9 Å². The molecule has 7 heteroatoms. The molecule has 0 spiro atoms. The number of nitrogens with one attached hydrogen (secondary N) is 2. The van der Waals surface area contributed by atoms with Crippen molar-refractivity contribution < 1.29 is 9.53 Å². The van der Waals surface area contributed by atoms with Crippen LogP contribution in [0.3, 0.4) is 0 Å².